The monoisotopic (exact) mass is 1490 g/mol. The Morgan fingerprint density at radius 1 is 0.455 bits per heavy atom. The summed E-state index contributed by atoms with van der Waals surface area (Å²) in [5.41, 5.74) is 6.55. The maximum absolute atomic E-state index is 12.5. The minimum absolute atomic E-state index is 0.0950. The fourth-order valence-corrected chi connectivity index (χ4v) is 8.80. The van der Waals surface area contributed by atoms with Crippen LogP contribution in [0.1, 0.15) is 44.4 Å². The van der Waals surface area contributed by atoms with Gasteiger partial charge in [0.2, 0.25) is 15.9 Å². The molecule has 0 radical (unpaired) electrons. The van der Waals surface area contributed by atoms with E-state index in [1.807, 2.05) is 45.0 Å². The second-order valence-corrected chi connectivity index (χ2v) is 25.0. The van der Waals surface area contributed by atoms with Crippen LogP contribution in [0.2, 0.25) is 30.3 Å². The van der Waals surface area contributed by atoms with Crippen LogP contribution in [0.15, 0.2) is 153 Å². The Hall–Kier alpha value is -10.8. The first kappa shape index (κ1) is 75.6. The van der Waals surface area contributed by atoms with Gasteiger partial charge in [0.1, 0.15) is 16.6 Å². The van der Waals surface area contributed by atoms with Crippen molar-refractivity contribution in [1.29, 1.82) is 0 Å². The molecule has 0 aliphatic carbocycles. The summed E-state index contributed by atoms with van der Waals surface area (Å²) in [6.07, 6.45) is 11.6. The Morgan fingerprint density at radius 3 is 1.19 bits per heavy atom. The van der Waals surface area contributed by atoms with Gasteiger partial charge in [0.25, 0.3) is 0 Å². The van der Waals surface area contributed by atoms with Gasteiger partial charge in [-0.3, -0.25) is 4.79 Å². The molecule has 0 saturated carbocycles. The topological polar surface area (TPSA) is 448 Å². The molecule has 0 unspecified atom stereocenters. The van der Waals surface area contributed by atoms with Crippen molar-refractivity contribution in [3.8, 4) is 0 Å². The molecule has 0 saturated heterocycles. The molecular formula is C58H61Cl6FN28O5S. The molecule has 5 aromatic carbocycles. The van der Waals surface area contributed by atoms with Crippen LogP contribution in [0.25, 0.3) is 0 Å². The number of ether oxygens (including phenoxy) is 1. The van der Waals surface area contributed by atoms with Crippen molar-refractivity contribution in [2.45, 2.75) is 52.9 Å². The van der Waals surface area contributed by atoms with Gasteiger partial charge in [-0.05, 0) is 147 Å². The van der Waals surface area contributed by atoms with Gasteiger partial charge in [-0.25, -0.2) is 27.3 Å². The number of halogens is 7. The lowest BCUT2D eigenvalue weighted by molar-refractivity contribution is -0.119. The van der Waals surface area contributed by atoms with Crippen molar-refractivity contribution in [2.75, 3.05) is 38.2 Å². The molecule has 15 N–H and O–H groups in total. The molecule has 12 aromatic rings. The number of nitrogens with one attached hydrogen (secondary N) is 15. The number of aromatic nitrogens is 19. The molecule has 0 spiro atoms. The lowest BCUT2D eigenvalue weighted by Gasteiger charge is -2.20. The zero-order valence-corrected chi connectivity index (χ0v) is 57.8. The third-order valence-electron chi connectivity index (χ3n) is 11.7. The van der Waals surface area contributed by atoms with Crippen molar-refractivity contribution >= 4 is 161 Å². The summed E-state index contributed by atoms with van der Waals surface area (Å²) in [7, 11) is -3.27. The van der Waals surface area contributed by atoms with Crippen molar-refractivity contribution in [3.05, 3.63) is 205 Å². The number of alkyl carbamates (subject to hydrolysis) is 1. The number of carbonyl (C=O) groups excluding carboxylic acids is 2. The summed E-state index contributed by atoms with van der Waals surface area (Å²) >= 11 is 35.1. The van der Waals surface area contributed by atoms with Crippen LogP contribution in [0.3, 0.4) is 0 Å². The number of hydrogen-bond donors (Lipinski definition) is 15. The molecule has 0 atom stereocenters. The molecule has 99 heavy (non-hydrogen) atoms. The Morgan fingerprint density at radius 2 is 0.828 bits per heavy atom. The average Bonchev–Trinajstić information content (AvgIpc) is 1.72. The van der Waals surface area contributed by atoms with Gasteiger partial charge in [0.05, 0.1) is 65.4 Å². The number of amides is 2. The fourth-order valence-electron chi connectivity index (χ4n) is 7.39. The second-order valence-electron chi connectivity index (χ2n) is 20.6. The number of aromatic amines is 6. The van der Waals surface area contributed by atoms with E-state index in [1.165, 1.54) is 25.3 Å². The zero-order chi connectivity index (χ0) is 71.2. The van der Waals surface area contributed by atoms with Crippen molar-refractivity contribution < 1.29 is 27.1 Å². The molecule has 0 aliphatic heterocycles. The smallest absolute Gasteiger partial charge is 0.407 e. The van der Waals surface area contributed by atoms with Gasteiger partial charge in [0.15, 0.2) is 34.9 Å². The van der Waals surface area contributed by atoms with Crippen LogP contribution < -0.4 is 47.3 Å². The largest absolute Gasteiger partial charge is 0.444 e. The summed E-state index contributed by atoms with van der Waals surface area (Å²) in [4.78, 5) is 26.6. The normalized spacial score (nSPS) is 10.5. The Bertz CT molecular complexity index is 4390. The van der Waals surface area contributed by atoms with Crippen LogP contribution in [-0.2, 0) is 39.2 Å². The number of anilines is 12. The number of carbonyl (C=O) groups is 2. The third-order valence-corrected chi connectivity index (χ3v) is 14.0. The zero-order valence-electron chi connectivity index (χ0n) is 52.5. The van der Waals surface area contributed by atoms with E-state index in [1.54, 1.807) is 110 Å². The number of hydrogen-bond acceptors (Lipinski definition) is 24. The third kappa shape index (κ3) is 28.8. The first-order chi connectivity index (χ1) is 47.4. The summed E-state index contributed by atoms with van der Waals surface area (Å²) < 4.78 is 42.4. The number of pyridine rings is 1. The van der Waals surface area contributed by atoms with Gasteiger partial charge < -0.3 is 47.3 Å². The summed E-state index contributed by atoms with van der Waals surface area (Å²) in [6.45, 7) is 7.71. The van der Waals surface area contributed by atoms with Gasteiger partial charge in [-0.2, -0.15) is 61.9 Å². The molecule has 12 rings (SSSR count). The first-order valence-corrected chi connectivity index (χ1v) is 32.6. The van der Waals surface area contributed by atoms with E-state index in [4.69, 9.17) is 74.3 Å². The molecule has 518 valence electrons. The standard InChI is InChI=1S/C14H18ClN5O2.C11H12ClN5O.C10H12ClN5O2S.C8H6Cl2N4.C8H7FN4.C7H6ClN5/c1-14(2,3)22-13(21)16-7-9-6-10(15)4-5-11(9)18-12-8-17-20-19-12;1-7(18)13-5-8-4-9(12)2-3-10(8)15-11-6-14-17-16-11;1-19(17,18)13-5-7-4-8(11)2-3-9(7)14-10-6-12-16-15-10;9-6-2-1-5(3-7(6)10)12-8-4-11-14-13-8;9-6-1-3-7(4-2-6)11-8-5-10-13-12-8;8-6-2-1-5(3-9-6)11-7-4-10-13-12-7/h4-6,8H,7H2,1-3H3,(H,16,21)(H2,17,18,19,20);2-4,6H,5H2,1H3,(H,13,18)(H2,14,15,16,17);2-4,6,13H,5H2,1H3,(H2,12,14,15,16);1-4H,(H2,11,12,13,14);1-5H,(H2,10,11,12,13);1-4H,(H2,10,11,12,13). The van der Waals surface area contributed by atoms with E-state index >= 15 is 0 Å². The number of nitrogens with zero attached hydrogens (tertiary/aromatic N) is 13. The highest BCUT2D eigenvalue weighted by atomic mass is 35.5. The van der Waals surface area contributed by atoms with Crippen molar-refractivity contribution in [1.82, 2.24) is 113 Å². The van der Waals surface area contributed by atoms with Gasteiger partial charge in [0, 0.05) is 70.1 Å². The Kier molecular flexibility index (Phi) is 29.2. The molecule has 7 aromatic heterocycles. The molecule has 33 nitrogen and oxygen atoms in total. The maximum atomic E-state index is 12.5. The van der Waals surface area contributed by atoms with Crippen molar-refractivity contribution in [3.63, 3.8) is 0 Å². The van der Waals surface area contributed by atoms with Crippen LogP contribution >= 0.6 is 69.6 Å². The number of sulfonamides is 1. The molecular weight excluding hydrogens is 1430 g/mol. The minimum atomic E-state index is -3.27. The van der Waals surface area contributed by atoms with E-state index in [0.29, 0.717) is 83.0 Å². The quantitative estimate of drug-likeness (QED) is 0.0334. The molecule has 0 fully saturated rings. The van der Waals surface area contributed by atoms with E-state index in [-0.39, 0.29) is 24.8 Å². The SMILES string of the molecule is CC(=O)NCc1cc(Cl)ccc1Nc1cn[nH]n1.CC(C)(C)OC(=O)NCc1cc(Cl)ccc1Nc1cn[nH]n1.CS(=O)(=O)NCc1cc(Cl)ccc1Nc1cn[nH]n1.Clc1ccc(Nc2cn[nH]n2)cc1Cl.Clc1ccc(Nc2cn[nH]n2)cn1.Fc1ccc(Nc2cn[nH]n2)cc1. The molecule has 2 amide bonds. The van der Waals surface area contributed by atoms with Gasteiger partial charge in [-0.1, -0.05) is 69.6 Å². The molecule has 41 heteroatoms. The predicted molar refractivity (Wildman–Crippen MR) is 377 cm³/mol. The Balaban J connectivity index is 0.000000169. The summed E-state index contributed by atoms with van der Waals surface area (Å²) in [5, 5.41) is 86.9. The highest BCUT2D eigenvalue weighted by Crippen LogP contribution is 2.28. The first-order valence-electron chi connectivity index (χ1n) is 28.5. The Labute approximate surface area is 593 Å². The van der Waals surface area contributed by atoms with Crippen LogP contribution in [0.4, 0.5) is 78.2 Å². The van der Waals surface area contributed by atoms with Gasteiger partial charge >= 0.3 is 6.09 Å². The highest BCUT2D eigenvalue weighted by Gasteiger charge is 2.17. The number of H-pyrrole nitrogens is 6. The van der Waals surface area contributed by atoms with Crippen LogP contribution in [0.5, 0.6) is 0 Å². The summed E-state index contributed by atoms with van der Waals surface area (Å²) in [6, 6.07) is 30.6. The molecule has 7 heterocycles. The van der Waals surface area contributed by atoms with Crippen LogP contribution in [-0.4, -0.2) is 130 Å². The molecule has 0 bridgehead atoms. The predicted octanol–water partition coefficient (Wildman–Crippen LogP) is 12.5. The maximum Gasteiger partial charge on any atom is 0.407 e. The highest BCUT2D eigenvalue weighted by molar-refractivity contribution is 7.88. The number of benzene rings is 5. The van der Waals surface area contributed by atoms with Gasteiger partial charge in [-0.15, -0.1) is 30.6 Å². The second kappa shape index (κ2) is 38.2. The average molecular weight is 1490 g/mol. The van der Waals surface area contributed by atoms with E-state index in [2.05, 4.69) is 145 Å². The van der Waals surface area contributed by atoms with E-state index < -0.39 is 21.7 Å². The molecule has 0 aliphatic rings. The lowest BCUT2D eigenvalue weighted by Crippen LogP contribution is -2.32. The lowest BCUT2D eigenvalue weighted by atomic mass is 10.1. The fraction of sp³-hybridized carbons (Fsp3) is 0.155. The van der Waals surface area contributed by atoms with E-state index in [0.717, 1.165) is 45.8 Å². The number of rotatable bonds is 19. The van der Waals surface area contributed by atoms with E-state index in [9.17, 15) is 22.4 Å². The summed E-state index contributed by atoms with van der Waals surface area (Å²) in [5.74, 6) is 3.22. The minimum Gasteiger partial charge on any atom is -0.444 e. The van der Waals surface area contributed by atoms with Crippen molar-refractivity contribution in [2.24, 2.45) is 0 Å². The van der Waals surface area contributed by atoms with Crippen LogP contribution in [0, 0.1) is 5.82 Å².